The van der Waals surface area contributed by atoms with Crippen molar-refractivity contribution in [3.05, 3.63) is 47.9 Å². The summed E-state index contributed by atoms with van der Waals surface area (Å²) in [5, 5.41) is 45.7. The maximum Gasteiger partial charge on any atom is 0.472 e. The average Bonchev–Trinajstić information content (AvgIpc) is 3.78. The second-order valence-electron chi connectivity index (χ2n) is 16.4. The number of hydrogen-bond acceptors (Lipinski definition) is 14. The van der Waals surface area contributed by atoms with Gasteiger partial charge in [0.1, 0.15) is 66.5 Å². The van der Waals surface area contributed by atoms with Crippen molar-refractivity contribution in [2.75, 3.05) is 32.2 Å². The van der Waals surface area contributed by atoms with Gasteiger partial charge in [0.2, 0.25) is 5.60 Å². The highest BCUT2D eigenvalue weighted by Crippen LogP contribution is 2.48. The Balaban J connectivity index is 1.28. The Morgan fingerprint density at radius 2 is 1.59 bits per heavy atom. The van der Waals surface area contributed by atoms with Gasteiger partial charge in [0.25, 0.3) is 0 Å². The first-order valence-electron chi connectivity index (χ1n) is 21.9. The van der Waals surface area contributed by atoms with Crippen LogP contribution in [0, 0.1) is 28.6 Å². The molecule has 1 saturated heterocycles. The molecule has 2 aromatic heterocycles. The molecule has 0 bridgehead atoms. The van der Waals surface area contributed by atoms with Gasteiger partial charge in [-0.3, -0.25) is 9.05 Å². The molecular weight excluding hydrogens is 803 g/mol. The molecular formula is C44H67N6O10P. The van der Waals surface area contributed by atoms with Crippen LogP contribution >= 0.6 is 7.82 Å². The summed E-state index contributed by atoms with van der Waals surface area (Å²) in [6.45, 7) is 7.13. The Morgan fingerprint density at radius 1 is 0.918 bits per heavy atom. The summed E-state index contributed by atoms with van der Waals surface area (Å²) in [6, 6.07) is 11.7. The molecule has 0 saturated carbocycles. The van der Waals surface area contributed by atoms with Crippen LogP contribution in [0.4, 0.5) is 5.82 Å². The van der Waals surface area contributed by atoms with Crippen molar-refractivity contribution in [2.45, 2.75) is 160 Å². The summed E-state index contributed by atoms with van der Waals surface area (Å²) in [4.78, 5) is 14.7. The standard InChI is InChI=1S/C44H67N6O10P/c1-5-6-7-8-9-10-11-12-13-14-15-16-17-18-33(4)23-24-55-27-36(59-35-20-19-34(26-45)39(25-35)58-32(2)3)28-56-61(53,54)57-30-44(29-46)42(52)40(51)41(60-44)37-21-22-38-43(47)48-31-49-50(37)38/h19-22,25,31-33,36,40-42,51-52H,5-18,23-24,27-28,30H2,1-4H3,(H,53,54)(H2,47,48,49)/t33-,36-,40+,41+,42+,44-/m1/s1. The molecule has 1 aliphatic rings. The number of benzene rings is 1. The molecule has 4 rings (SSSR count). The molecule has 16 nitrogen and oxygen atoms in total. The van der Waals surface area contributed by atoms with E-state index in [0.29, 0.717) is 35.1 Å². The maximum atomic E-state index is 13.3. The number of unbranched alkanes of at least 4 members (excludes halogenated alkanes) is 12. The highest BCUT2D eigenvalue weighted by atomic mass is 31.2. The molecule has 3 aromatic rings. The second kappa shape index (κ2) is 25.3. The first-order chi connectivity index (χ1) is 29.3. The van der Waals surface area contributed by atoms with E-state index in [1.54, 1.807) is 36.4 Å². The molecule has 3 heterocycles. The Morgan fingerprint density at radius 3 is 2.23 bits per heavy atom. The van der Waals surface area contributed by atoms with Crippen LogP contribution in [0.2, 0.25) is 0 Å². The molecule has 5 N–H and O–H groups in total. The zero-order valence-electron chi connectivity index (χ0n) is 36.3. The van der Waals surface area contributed by atoms with Crippen LogP contribution in [0.3, 0.4) is 0 Å². The first-order valence-corrected chi connectivity index (χ1v) is 23.4. The van der Waals surface area contributed by atoms with E-state index in [1.165, 1.54) is 94.3 Å². The lowest BCUT2D eigenvalue weighted by Gasteiger charge is -2.26. The molecule has 0 radical (unpaired) electrons. The average molecular weight is 871 g/mol. The van der Waals surface area contributed by atoms with E-state index in [4.69, 9.17) is 33.7 Å². The van der Waals surface area contributed by atoms with Crippen molar-refractivity contribution in [1.29, 1.82) is 10.5 Å². The highest BCUT2D eigenvalue weighted by Gasteiger charge is 2.57. The van der Waals surface area contributed by atoms with Crippen molar-refractivity contribution in [1.82, 2.24) is 14.6 Å². The normalized spacial score (nSPS) is 20.9. The summed E-state index contributed by atoms with van der Waals surface area (Å²) in [7, 11) is -4.93. The number of ether oxygens (including phenoxy) is 4. The Kier molecular flexibility index (Phi) is 20.7. The zero-order chi connectivity index (χ0) is 44.3. The SMILES string of the molecule is CCCCCCCCCCCCCCC[C@@H](C)CCOC[C@H](COP(=O)(O)OC[C@@]1(C#N)O[C@@H](c2ccc3c(N)ncnn23)[C@H](O)[C@@H]1O)Oc1ccc(C#N)c(OC(C)C)c1. The minimum absolute atomic E-state index is 0.0109. The molecule has 1 unspecified atom stereocenters. The van der Waals surface area contributed by atoms with Gasteiger partial charge in [-0.1, -0.05) is 104 Å². The lowest BCUT2D eigenvalue weighted by atomic mass is 9.96. The van der Waals surface area contributed by atoms with Crippen LogP contribution in [0.15, 0.2) is 36.7 Å². The number of nitrogen functional groups attached to an aromatic ring is 1. The Bertz CT molecular complexity index is 1900. The molecule has 1 aliphatic heterocycles. The third kappa shape index (κ3) is 15.5. The summed E-state index contributed by atoms with van der Waals surface area (Å²) >= 11 is 0. The number of fused-ring (bicyclic) bond motifs is 1. The van der Waals surface area contributed by atoms with E-state index >= 15 is 0 Å². The molecule has 61 heavy (non-hydrogen) atoms. The van der Waals surface area contributed by atoms with Gasteiger partial charge in [-0.25, -0.2) is 14.1 Å². The first kappa shape index (κ1) is 49.8. The molecule has 7 atom stereocenters. The molecule has 338 valence electrons. The van der Waals surface area contributed by atoms with Gasteiger partial charge in [-0.15, -0.1) is 0 Å². The summed E-state index contributed by atoms with van der Waals surface area (Å²) in [6.07, 6.45) is 14.4. The van der Waals surface area contributed by atoms with Crippen LogP contribution in [-0.2, 0) is 23.1 Å². The predicted molar refractivity (Wildman–Crippen MR) is 230 cm³/mol. The van der Waals surface area contributed by atoms with Crippen molar-refractivity contribution in [3.63, 3.8) is 0 Å². The topological polar surface area (TPSA) is 237 Å². The van der Waals surface area contributed by atoms with Crippen molar-refractivity contribution < 1.29 is 47.7 Å². The number of hydrogen-bond donors (Lipinski definition) is 4. The Labute approximate surface area is 360 Å². The molecule has 0 spiro atoms. The van der Waals surface area contributed by atoms with Gasteiger partial charge in [-0.05, 0) is 50.5 Å². The van der Waals surface area contributed by atoms with Crippen LogP contribution in [0.5, 0.6) is 11.5 Å². The third-order valence-electron chi connectivity index (χ3n) is 10.9. The summed E-state index contributed by atoms with van der Waals surface area (Å²) in [5.41, 5.74) is 4.65. The fourth-order valence-corrected chi connectivity index (χ4v) is 8.13. The van der Waals surface area contributed by atoms with Crippen LogP contribution in [0.25, 0.3) is 5.52 Å². The number of phosphoric acid groups is 1. The van der Waals surface area contributed by atoms with Gasteiger partial charge < -0.3 is 39.8 Å². The number of rotatable bonds is 30. The fraction of sp³-hybridized carbons (Fsp3) is 0.682. The molecule has 1 fully saturated rings. The number of nitrogens with two attached hydrogens (primary N) is 1. The van der Waals surface area contributed by atoms with E-state index in [2.05, 4.69) is 30.0 Å². The van der Waals surface area contributed by atoms with E-state index in [-0.39, 0.29) is 24.2 Å². The number of anilines is 1. The smallest absolute Gasteiger partial charge is 0.472 e. The van der Waals surface area contributed by atoms with E-state index < -0.39 is 51.1 Å². The van der Waals surface area contributed by atoms with Gasteiger partial charge >= 0.3 is 7.82 Å². The summed E-state index contributed by atoms with van der Waals surface area (Å²) in [5.74, 6) is 1.24. The third-order valence-corrected chi connectivity index (χ3v) is 11.8. The number of nitrogens with zero attached hydrogens (tertiary/aromatic N) is 5. The number of phosphoric ester groups is 1. The van der Waals surface area contributed by atoms with Crippen LogP contribution < -0.4 is 15.2 Å². The largest absolute Gasteiger partial charge is 0.489 e. The lowest BCUT2D eigenvalue weighted by Crippen LogP contribution is -2.45. The van der Waals surface area contributed by atoms with E-state index in [1.807, 2.05) is 13.8 Å². The second-order valence-corrected chi connectivity index (χ2v) is 17.8. The number of nitriles is 2. The monoisotopic (exact) mass is 870 g/mol. The van der Waals surface area contributed by atoms with Crippen molar-refractivity contribution in [2.24, 2.45) is 5.92 Å². The maximum absolute atomic E-state index is 13.3. The minimum atomic E-state index is -4.93. The summed E-state index contributed by atoms with van der Waals surface area (Å²) < 4.78 is 49.0. The quantitative estimate of drug-likeness (QED) is 0.0365. The van der Waals surface area contributed by atoms with Gasteiger partial charge in [0.15, 0.2) is 5.82 Å². The molecule has 0 aliphatic carbocycles. The fourth-order valence-electron chi connectivity index (χ4n) is 7.35. The van der Waals surface area contributed by atoms with E-state index in [0.717, 1.165) is 12.8 Å². The van der Waals surface area contributed by atoms with Gasteiger partial charge in [-0.2, -0.15) is 15.6 Å². The lowest BCUT2D eigenvalue weighted by molar-refractivity contribution is -0.0755. The zero-order valence-corrected chi connectivity index (χ0v) is 37.2. The molecule has 0 amide bonds. The predicted octanol–water partition coefficient (Wildman–Crippen LogP) is 8.13. The van der Waals surface area contributed by atoms with Crippen LogP contribution in [-0.4, -0.2) is 86.1 Å². The van der Waals surface area contributed by atoms with Gasteiger partial charge in [0, 0.05) is 12.7 Å². The van der Waals surface area contributed by atoms with Gasteiger partial charge in [0.05, 0.1) is 30.6 Å². The van der Waals surface area contributed by atoms with Crippen molar-refractivity contribution >= 4 is 19.2 Å². The number of aliphatic hydroxyl groups is 2. The number of aliphatic hydroxyl groups excluding tert-OH is 2. The minimum Gasteiger partial charge on any atom is -0.489 e. The van der Waals surface area contributed by atoms with Crippen molar-refractivity contribution in [3.8, 4) is 23.6 Å². The number of aromatic nitrogens is 3. The van der Waals surface area contributed by atoms with E-state index in [9.17, 15) is 30.2 Å². The highest BCUT2D eigenvalue weighted by molar-refractivity contribution is 7.47. The molecule has 17 heteroatoms. The molecule has 1 aromatic carbocycles. The Hall–Kier alpha value is -3.83. The van der Waals surface area contributed by atoms with Crippen LogP contribution in [0.1, 0.15) is 141 Å².